The standard InChI is InChI=1S/C16H14F2N6O2/c17-8-4-9-10(6-20-13(9)19-5-8)14-21-7-11(18)15(22-14)23-24-3-1-2-12(24)16(25)26/h4-7,12H,1-3H2,(H,19,20)(H,25,26)(H,21,22,23)/t12-/m0/s1. The highest BCUT2D eigenvalue weighted by atomic mass is 19.1. The van der Waals surface area contributed by atoms with Gasteiger partial charge < -0.3 is 10.1 Å². The molecule has 4 rings (SSSR count). The molecule has 1 fully saturated rings. The molecule has 3 N–H and O–H groups in total. The molecule has 0 aromatic carbocycles. The van der Waals surface area contributed by atoms with Crippen LogP contribution in [-0.4, -0.2) is 48.6 Å². The van der Waals surface area contributed by atoms with E-state index in [4.69, 9.17) is 0 Å². The van der Waals surface area contributed by atoms with Gasteiger partial charge in [-0.3, -0.25) is 10.2 Å². The second-order valence-corrected chi connectivity index (χ2v) is 5.94. The Balaban J connectivity index is 1.70. The van der Waals surface area contributed by atoms with Gasteiger partial charge in [0, 0.05) is 23.7 Å². The van der Waals surface area contributed by atoms with Crippen molar-refractivity contribution in [3.05, 3.63) is 36.3 Å². The van der Waals surface area contributed by atoms with Crippen molar-refractivity contribution in [2.75, 3.05) is 12.0 Å². The van der Waals surface area contributed by atoms with Crippen molar-refractivity contribution in [2.45, 2.75) is 18.9 Å². The molecule has 10 heteroatoms. The van der Waals surface area contributed by atoms with Crippen LogP contribution in [0, 0.1) is 11.6 Å². The largest absolute Gasteiger partial charge is 0.480 e. The molecule has 1 aliphatic rings. The van der Waals surface area contributed by atoms with Crippen LogP contribution in [0.25, 0.3) is 22.4 Å². The SMILES string of the molecule is O=C(O)[C@@H]1CCCN1Nc1nc(-c2c[nH]c3ncc(F)cc23)ncc1F. The van der Waals surface area contributed by atoms with Gasteiger partial charge in [-0.15, -0.1) is 0 Å². The van der Waals surface area contributed by atoms with E-state index < -0.39 is 23.6 Å². The third-order valence-electron chi connectivity index (χ3n) is 4.27. The molecule has 0 amide bonds. The van der Waals surface area contributed by atoms with Gasteiger partial charge in [0.05, 0.1) is 12.4 Å². The number of fused-ring (bicyclic) bond motifs is 1. The lowest BCUT2D eigenvalue weighted by Crippen LogP contribution is -2.40. The summed E-state index contributed by atoms with van der Waals surface area (Å²) in [6.07, 6.45) is 4.78. The molecule has 0 radical (unpaired) electrons. The third-order valence-corrected chi connectivity index (χ3v) is 4.27. The maximum absolute atomic E-state index is 14.1. The van der Waals surface area contributed by atoms with Crippen LogP contribution < -0.4 is 5.43 Å². The summed E-state index contributed by atoms with van der Waals surface area (Å²) < 4.78 is 27.6. The van der Waals surface area contributed by atoms with Crippen molar-refractivity contribution in [3.63, 3.8) is 0 Å². The smallest absolute Gasteiger partial charge is 0.322 e. The summed E-state index contributed by atoms with van der Waals surface area (Å²) >= 11 is 0. The lowest BCUT2D eigenvalue weighted by molar-refractivity contribution is -0.141. The topological polar surface area (TPSA) is 107 Å². The predicted molar refractivity (Wildman–Crippen MR) is 88.0 cm³/mol. The molecule has 3 aromatic rings. The monoisotopic (exact) mass is 360 g/mol. The summed E-state index contributed by atoms with van der Waals surface area (Å²) in [5, 5.41) is 11.1. The molecule has 3 aromatic heterocycles. The average Bonchev–Trinajstić information content (AvgIpc) is 3.23. The fourth-order valence-electron chi connectivity index (χ4n) is 3.03. The van der Waals surface area contributed by atoms with Gasteiger partial charge in [0.15, 0.2) is 17.5 Å². The van der Waals surface area contributed by atoms with Crippen molar-refractivity contribution >= 4 is 22.8 Å². The number of hydrogen-bond acceptors (Lipinski definition) is 6. The number of halogens is 2. The number of pyridine rings is 1. The highest BCUT2D eigenvalue weighted by molar-refractivity contribution is 5.91. The Hall–Kier alpha value is -3.14. The Morgan fingerprint density at radius 2 is 2.19 bits per heavy atom. The Bertz CT molecular complexity index is 992. The number of nitrogens with zero attached hydrogens (tertiary/aromatic N) is 4. The molecule has 134 valence electrons. The highest BCUT2D eigenvalue weighted by Gasteiger charge is 2.31. The first-order valence-corrected chi connectivity index (χ1v) is 7.94. The number of nitrogens with one attached hydrogen (secondary N) is 2. The number of carboxylic acid groups (broad SMARTS) is 1. The Morgan fingerprint density at radius 1 is 1.35 bits per heavy atom. The van der Waals surface area contributed by atoms with Gasteiger partial charge in [0.25, 0.3) is 0 Å². The Labute approximate surface area is 145 Å². The van der Waals surface area contributed by atoms with Crippen LogP contribution in [0.15, 0.2) is 24.7 Å². The number of rotatable bonds is 4. The maximum Gasteiger partial charge on any atom is 0.322 e. The second kappa shape index (κ2) is 6.30. The molecule has 0 unspecified atom stereocenters. The van der Waals surface area contributed by atoms with E-state index in [0.717, 1.165) is 12.4 Å². The molecule has 8 nitrogen and oxygen atoms in total. The highest BCUT2D eigenvalue weighted by Crippen LogP contribution is 2.27. The Morgan fingerprint density at radius 3 is 3.00 bits per heavy atom. The molecule has 1 atom stereocenters. The molecule has 0 aliphatic carbocycles. The molecule has 0 spiro atoms. The first-order valence-electron chi connectivity index (χ1n) is 7.94. The lowest BCUT2D eigenvalue weighted by Gasteiger charge is -2.22. The van der Waals surface area contributed by atoms with Crippen molar-refractivity contribution in [1.82, 2.24) is 24.9 Å². The number of hydrazine groups is 1. The van der Waals surface area contributed by atoms with Gasteiger partial charge in [-0.2, -0.15) is 0 Å². The summed E-state index contributed by atoms with van der Waals surface area (Å²) in [7, 11) is 0. The van der Waals surface area contributed by atoms with Gasteiger partial charge in [0.2, 0.25) is 0 Å². The van der Waals surface area contributed by atoms with E-state index in [1.54, 1.807) is 6.20 Å². The summed E-state index contributed by atoms with van der Waals surface area (Å²) in [5.74, 6) is -2.18. The fraction of sp³-hybridized carbons (Fsp3) is 0.250. The first kappa shape index (κ1) is 16.3. The molecule has 26 heavy (non-hydrogen) atoms. The minimum atomic E-state index is -0.983. The maximum atomic E-state index is 14.1. The van der Waals surface area contributed by atoms with Gasteiger partial charge >= 0.3 is 5.97 Å². The van der Waals surface area contributed by atoms with Crippen LogP contribution in [0.3, 0.4) is 0 Å². The molecular formula is C16H14F2N6O2. The minimum Gasteiger partial charge on any atom is -0.480 e. The molecule has 0 bridgehead atoms. The number of aliphatic carboxylic acids is 1. The number of anilines is 1. The normalized spacial score (nSPS) is 17.7. The minimum absolute atomic E-state index is 0.137. The van der Waals surface area contributed by atoms with Crippen LogP contribution in [0.2, 0.25) is 0 Å². The summed E-state index contributed by atoms with van der Waals surface area (Å²) in [6.45, 7) is 0.456. The van der Waals surface area contributed by atoms with Gasteiger partial charge in [0.1, 0.15) is 17.5 Å². The van der Waals surface area contributed by atoms with E-state index in [1.165, 1.54) is 11.1 Å². The number of aromatic nitrogens is 4. The zero-order valence-corrected chi connectivity index (χ0v) is 13.4. The molecule has 4 heterocycles. The van der Waals surface area contributed by atoms with Crippen molar-refractivity contribution < 1.29 is 18.7 Å². The van der Waals surface area contributed by atoms with Crippen LogP contribution in [-0.2, 0) is 4.79 Å². The predicted octanol–water partition coefficient (Wildman–Crippen LogP) is 2.17. The third kappa shape index (κ3) is 2.84. The van der Waals surface area contributed by atoms with Crippen molar-refractivity contribution in [2.24, 2.45) is 0 Å². The van der Waals surface area contributed by atoms with E-state index in [9.17, 15) is 18.7 Å². The van der Waals surface area contributed by atoms with E-state index >= 15 is 0 Å². The van der Waals surface area contributed by atoms with E-state index in [1.807, 2.05) is 0 Å². The number of carboxylic acids is 1. The lowest BCUT2D eigenvalue weighted by atomic mass is 10.2. The van der Waals surface area contributed by atoms with Crippen molar-refractivity contribution in [1.29, 1.82) is 0 Å². The summed E-state index contributed by atoms with van der Waals surface area (Å²) in [5.41, 5.74) is 3.65. The summed E-state index contributed by atoms with van der Waals surface area (Å²) in [4.78, 5) is 26.2. The molecule has 0 saturated carbocycles. The molecule has 1 aliphatic heterocycles. The number of carbonyl (C=O) groups is 1. The fourth-order valence-corrected chi connectivity index (χ4v) is 3.03. The first-order chi connectivity index (χ1) is 12.5. The van der Waals surface area contributed by atoms with Gasteiger partial charge in [-0.05, 0) is 18.9 Å². The quantitative estimate of drug-likeness (QED) is 0.654. The number of aromatic amines is 1. The second-order valence-electron chi connectivity index (χ2n) is 5.94. The van der Waals surface area contributed by atoms with E-state index in [2.05, 4.69) is 25.4 Å². The van der Waals surface area contributed by atoms with Gasteiger partial charge in [-0.25, -0.2) is 28.7 Å². The van der Waals surface area contributed by atoms with Crippen molar-refractivity contribution in [3.8, 4) is 11.4 Å². The van der Waals surface area contributed by atoms with Crippen LogP contribution in [0.4, 0.5) is 14.6 Å². The average molecular weight is 360 g/mol. The summed E-state index contributed by atoms with van der Waals surface area (Å²) in [6, 6.07) is 0.536. The van der Waals surface area contributed by atoms with Crippen LogP contribution in [0.1, 0.15) is 12.8 Å². The molecular weight excluding hydrogens is 346 g/mol. The van der Waals surface area contributed by atoms with E-state index in [-0.39, 0.29) is 11.6 Å². The zero-order chi connectivity index (χ0) is 18.3. The number of hydrogen-bond donors (Lipinski definition) is 3. The van der Waals surface area contributed by atoms with Gasteiger partial charge in [-0.1, -0.05) is 0 Å². The Kier molecular flexibility index (Phi) is 3.96. The zero-order valence-electron chi connectivity index (χ0n) is 13.4. The number of H-pyrrole nitrogens is 1. The van der Waals surface area contributed by atoms with Crippen LogP contribution in [0.5, 0.6) is 0 Å². The van der Waals surface area contributed by atoms with Crippen LogP contribution >= 0.6 is 0 Å². The molecule has 1 saturated heterocycles. The van der Waals surface area contributed by atoms with E-state index in [0.29, 0.717) is 36.0 Å².